The molecule has 0 amide bonds. The van der Waals surface area contributed by atoms with Crippen molar-refractivity contribution in [3.05, 3.63) is 75.7 Å². The van der Waals surface area contributed by atoms with Crippen LogP contribution in [0.2, 0.25) is 0 Å². The predicted molar refractivity (Wildman–Crippen MR) is 138 cm³/mol. The van der Waals surface area contributed by atoms with E-state index in [1.54, 1.807) is 6.07 Å². The van der Waals surface area contributed by atoms with Gasteiger partial charge in [0.15, 0.2) is 5.82 Å². The third-order valence-electron chi connectivity index (χ3n) is 8.27. The molecule has 1 N–H and O–H groups in total. The fourth-order valence-electron chi connectivity index (χ4n) is 6.27. The van der Waals surface area contributed by atoms with Crippen molar-refractivity contribution in [2.24, 2.45) is 0 Å². The highest BCUT2D eigenvalue weighted by atomic mass is 19.1. The SMILES string of the molecule is Cc1ccccc1-c1noc(C2CC2)c1CO[C@H]1C[C@H]2CC[C@@H](C1)N2c1ccc(-c2noc(=O)[nH]2)c(F)c1. The van der Waals surface area contributed by atoms with E-state index in [-0.39, 0.29) is 29.6 Å². The summed E-state index contributed by atoms with van der Waals surface area (Å²) in [6, 6.07) is 13.9. The van der Waals surface area contributed by atoms with Crippen LogP contribution in [0.1, 0.15) is 61.3 Å². The second-order valence-corrected chi connectivity index (χ2v) is 10.8. The van der Waals surface area contributed by atoms with Crippen molar-refractivity contribution < 1.29 is 18.2 Å². The Morgan fingerprint density at radius 3 is 2.50 bits per heavy atom. The van der Waals surface area contributed by atoms with E-state index in [2.05, 4.69) is 43.8 Å². The summed E-state index contributed by atoms with van der Waals surface area (Å²) in [6.45, 7) is 2.58. The Bertz CT molecular complexity index is 1520. The number of H-pyrrole nitrogens is 1. The van der Waals surface area contributed by atoms with Gasteiger partial charge in [0.1, 0.15) is 17.3 Å². The van der Waals surface area contributed by atoms with Crippen molar-refractivity contribution in [3.63, 3.8) is 0 Å². The largest absolute Gasteiger partial charge is 0.439 e. The van der Waals surface area contributed by atoms with E-state index in [0.717, 1.165) is 66.8 Å². The van der Waals surface area contributed by atoms with Gasteiger partial charge in [0.25, 0.3) is 0 Å². The topological polar surface area (TPSA) is 97.4 Å². The molecule has 38 heavy (non-hydrogen) atoms. The molecule has 0 spiro atoms. The fraction of sp³-hybridized carbons (Fsp3) is 0.414. The highest BCUT2D eigenvalue weighted by Gasteiger charge is 2.42. The summed E-state index contributed by atoms with van der Waals surface area (Å²) < 4.78 is 31.9. The van der Waals surface area contributed by atoms with Gasteiger partial charge in [0, 0.05) is 34.8 Å². The van der Waals surface area contributed by atoms with E-state index in [4.69, 9.17) is 9.26 Å². The van der Waals surface area contributed by atoms with Crippen molar-refractivity contribution in [2.75, 3.05) is 4.90 Å². The lowest BCUT2D eigenvalue weighted by molar-refractivity contribution is 0.0147. The van der Waals surface area contributed by atoms with Crippen LogP contribution in [0.5, 0.6) is 0 Å². The van der Waals surface area contributed by atoms with Gasteiger partial charge in [-0.05, 0) is 69.2 Å². The molecule has 0 unspecified atom stereocenters. The van der Waals surface area contributed by atoms with Gasteiger partial charge in [-0.1, -0.05) is 34.6 Å². The lowest BCUT2D eigenvalue weighted by Crippen LogP contribution is -2.45. The minimum Gasteiger partial charge on any atom is -0.373 e. The standard InChI is InChI=1S/C29H29FN4O4/c1-16-4-2-3-5-22(16)26-24(27(37-32-26)17-6-7-17)15-36-21-12-18-8-9-19(13-21)34(18)20-10-11-23(25(30)14-20)28-31-29(35)38-33-28/h2-5,10-11,14,17-19,21H,6-9,12-13,15H2,1H3,(H,31,33,35)/t18-,19+,21+. The van der Waals surface area contributed by atoms with Crippen molar-refractivity contribution in [1.29, 1.82) is 0 Å². The number of ether oxygens (including phenoxy) is 1. The molecule has 7 rings (SSSR count). The molecule has 2 aromatic heterocycles. The number of hydrogen-bond donors (Lipinski definition) is 1. The Balaban J connectivity index is 1.08. The third kappa shape index (κ3) is 4.15. The third-order valence-corrected chi connectivity index (χ3v) is 8.27. The van der Waals surface area contributed by atoms with E-state index in [1.807, 2.05) is 18.2 Å². The second-order valence-electron chi connectivity index (χ2n) is 10.8. The number of halogens is 1. The number of nitrogens with zero attached hydrogens (tertiary/aromatic N) is 3. The fourth-order valence-corrected chi connectivity index (χ4v) is 6.27. The van der Waals surface area contributed by atoms with Crippen LogP contribution in [-0.2, 0) is 11.3 Å². The maximum absolute atomic E-state index is 15.0. The van der Waals surface area contributed by atoms with Crippen molar-refractivity contribution in [1.82, 2.24) is 15.3 Å². The Hall–Kier alpha value is -3.72. The zero-order chi connectivity index (χ0) is 25.8. The average molecular weight is 517 g/mol. The average Bonchev–Trinajstić information content (AvgIpc) is 3.43. The Labute approximate surface area is 218 Å². The normalized spacial score (nSPS) is 22.8. The van der Waals surface area contributed by atoms with Gasteiger partial charge in [0.2, 0.25) is 0 Å². The van der Waals surface area contributed by atoms with Crippen LogP contribution in [0.3, 0.4) is 0 Å². The minimum absolute atomic E-state index is 0.0958. The van der Waals surface area contributed by atoms with Crippen LogP contribution >= 0.6 is 0 Å². The van der Waals surface area contributed by atoms with Crippen LogP contribution in [0.25, 0.3) is 22.6 Å². The number of rotatable bonds is 7. The molecule has 4 aromatic rings. The number of aromatic amines is 1. The molecule has 4 heterocycles. The van der Waals surface area contributed by atoms with Gasteiger partial charge in [-0.25, -0.2) is 9.18 Å². The first-order valence-corrected chi connectivity index (χ1v) is 13.4. The molecule has 3 aliphatic rings. The van der Waals surface area contributed by atoms with Crippen LogP contribution in [0.15, 0.2) is 56.3 Å². The zero-order valence-electron chi connectivity index (χ0n) is 21.2. The Morgan fingerprint density at radius 2 is 1.82 bits per heavy atom. The first kappa shape index (κ1) is 23.4. The molecular formula is C29H29FN4O4. The smallest absolute Gasteiger partial charge is 0.373 e. The van der Waals surface area contributed by atoms with Crippen LogP contribution in [-0.4, -0.2) is 33.5 Å². The zero-order valence-corrected chi connectivity index (χ0v) is 21.2. The number of nitrogens with one attached hydrogen (secondary N) is 1. The number of piperidine rings is 1. The number of aromatic nitrogens is 3. The number of anilines is 1. The summed E-state index contributed by atoms with van der Waals surface area (Å²) >= 11 is 0. The molecule has 9 heteroatoms. The number of hydrogen-bond acceptors (Lipinski definition) is 7. The van der Waals surface area contributed by atoms with E-state index in [0.29, 0.717) is 12.5 Å². The van der Waals surface area contributed by atoms with Gasteiger partial charge in [-0.2, -0.15) is 0 Å². The molecule has 196 valence electrons. The van der Waals surface area contributed by atoms with Crippen molar-refractivity contribution >= 4 is 5.69 Å². The van der Waals surface area contributed by atoms with Crippen LogP contribution in [0.4, 0.5) is 10.1 Å². The summed E-state index contributed by atoms with van der Waals surface area (Å²) in [4.78, 5) is 16.0. The van der Waals surface area contributed by atoms with Gasteiger partial charge in [-0.15, -0.1) is 0 Å². The molecule has 2 aliphatic heterocycles. The van der Waals surface area contributed by atoms with Gasteiger partial charge in [-0.3, -0.25) is 9.51 Å². The quantitative estimate of drug-likeness (QED) is 0.335. The van der Waals surface area contributed by atoms with Crippen molar-refractivity contribution in [2.45, 2.75) is 76.2 Å². The number of fused-ring (bicyclic) bond motifs is 2. The molecule has 2 aromatic carbocycles. The number of aryl methyl sites for hydroxylation is 1. The summed E-state index contributed by atoms with van der Waals surface area (Å²) in [6.07, 6.45) is 6.29. The van der Waals surface area contributed by atoms with Crippen molar-refractivity contribution in [3.8, 4) is 22.6 Å². The molecule has 2 saturated heterocycles. The molecule has 1 aliphatic carbocycles. The number of benzene rings is 2. The van der Waals surface area contributed by atoms with E-state index < -0.39 is 11.6 Å². The predicted octanol–water partition coefficient (Wildman–Crippen LogP) is 5.73. The lowest BCUT2D eigenvalue weighted by Gasteiger charge is -2.40. The monoisotopic (exact) mass is 516 g/mol. The molecule has 0 radical (unpaired) electrons. The highest BCUT2D eigenvalue weighted by Crippen LogP contribution is 2.45. The van der Waals surface area contributed by atoms with E-state index in [1.165, 1.54) is 11.6 Å². The summed E-state index contributed by atoms with van der Waals surface area (Å²) in [5.74, 6) is 0.384. The minimum atomic E-state index is -0.704. The summed E-state index contributed by atoms with van der Waals surface area (Å²) in [5, 5.41) is 8.09. The summed E-state index contributed by atoms with van der Waals surface area (Å²) in [7, 11) is 0. The van der Waals surface area contributed by atoms with Crippen LogP contribution < -0.4 is 10.7 Å². The van der Waals surface area contributed by atoms with E-state index >= 15 is 0 Å². The molecule has 8 nitrogen and oxygen atoms in total. The van der Waals surface area contributed by atoms with Crippen LogP contribution in [0, 0.1) is 12.7 Å². The molecule has 3 fully saturated rings. The first-order chi connectivity index (χ1) is 18.5. The van der Waals surface area contributed by atoms with Gasteiger partial charge < -0.3 is 14.2 Å². The maximum Gasteiger partial charge on any atom is 0.439 e. The van der Waals surface area contributed by atoms with Gasteiger partial charge >= 0.3 is 5.76 Å². The molecular weight excluding hydrogens is 487 g/mol. The Kier molecular flexibility index (Phi) is 5.69. The maximum atomic E-state index is 15.0. The second kappa shape index (κ2) is 9.23. The molecule has 3 atom stereocenters. The molecule has 2 bridgehead atoms. The molecule has 1 saturated carbocycles. The van der Waals surface area contributed by atoms with Gasteiger partial charge in [0.05, 0.1) is 18.3 Å². The summed E-state index contributed by atoms with van der Waals surface area (Å²) in [5.41, 5.74) is 5.31. The van der Waals surface area contributed by atoms with E-state index in [9.17, 15) is 9.18 Å². The first-order valence-electron chi connectivity index (χ1n) is 13.4. The lowest BCUT2D eigenvalue weighted by atomic mass is 9.97. The Morgan fingerprint density at radius 1 is 1.03 bits per heavy atom. The highest BCUT2D eigenvalue weighted by molar-refractivity contribution is 5.67.